The van der Waals surface area contributed by atoms with Gasteiger partial charge in [-0.2, -0.15) is 0 Å². The van der Waals surface area contributed by atoms with Gasteiger partial charge < -0.3 is 5.73 Å². The number of hydrogen-bond acceptors (Lipinski definition) is 3. The molecular weight excluding hydrogens is 246 g/mol. The molecule has 102 valence electrons. The van der Waals surface area contributed by atoms with Crippen molar-refractivity contribution >= 4 is 9.84 Å². The molecule has 1 aromatic carbocycles. The molecule has 0 saturated carbocycles. The molecule has 0 aromatic heterocycles. The van der Waals surface area contributed by atoms with E-state index in [1.165, 1.54) is 25.5 Å². The van der Waals surface area contributed by atoms with Gasteiger partial charge in [0, 0.05) is 12.3 Å². The molecule has 0 amide bonds. The van der Waals surface area contributed by atoms with Crippen LogP contribution >= 0.6 is 0 Å². The standard InChI is InChI=1S/C14H23NO2S/c1-3-4-5-6-10-14(15)12-8-7-9-13(11-12)18(2,16)17/h7-9,11,14H,3-6,10,15H2,1-2H3. The maximum Gasteiger partial charge on any atom is 0.175 e. The predicted octanol–water partition coefficient (Wildman–Crippen LogP) is 3.06. The van der Waals surface area contributed by atoms with Gasteiger partial charge in [-0.3, -0.25) is 0 Å². The largest absolute Gasteiger partial charge is 0.324 e. The summed E-state index contributed by atoms with van der Waals surface area (Å²) in [6.45, 7) is 2.18. The van der Waals surface area contributed by atoms with Gasteiger partial charge in [-0.05, 0) is 24.1 Å². The third-order valence-corrected chi connectivity index (χ3v) is 4.19. The summed E-state index contributed by atoms with van der Waals surface area (Å²) in [5.41, 5.74) is 7.01. The summed E-state index contributed by atoms with van der Waals surface area (Å²) in [5.74, 6) is 0. The quantitative estimate of drug-likeness (QED) is 0.774. The molecule has 0 aliphatic heterocycles. The number of nitrogens with two attached hydrogens (primary N) is 1. The molecule has 0 bridgehead atoms. The smallest absolute Gasteiger partial charge is 0.175 e. The molecule has 2 N–H and O–H groups in total. The molecule has 0 spiro atoms. The fourth-order valence-electron chi connectivity index (χ4n) is 1.93. The second-order valence-electron chi connectivity index (χ2n) is 4.80. The topological polar surface area (TPSA) is 60.2 Å². The third kappa shape index (κ3) is 4.78. The summed E-state index contributed by atoms with van der Waals surface area (Å²) in [6, 6.07) is 6.91. The highest BCUT2D eigenvalue weighted by atomic mass is 32.2. The number of hydrogen-bond donors (Lipinski definition) is 1. The van der Waals surface area contributed by atoms with Crippen LogP contribution in [-0.2, 0) is 9.84 Å². The van der Waals surface area contributed by atoms with E-state index in [0.717, 1.165) is 18.4 Å². The molecule has 3 nitrogen and oxygen atoms in total. The Kier molecular flexibility index (Phi) is 5.82. The van der Waals surface area contributed by atoms with Gasteiger partial charge in [0.15, 0.2) is 9.84 Å². The Morgan fingerprint density at radius 1 is 1.22 bits per heavy atom. The number of benzene rings is 1. The van der Waals surface area contributed by atoms with E-state index in [9.17, 15) is 8.42 Å². The van der Waals surface area contributed by atoms with Crippen LogP contribution in [0, 0.1) is 0 Å². The molecule has 0 heterocycles. The van der Waals surface area contributed by atoms with E-state index >= 15 is 0 Å². The molecule has 0 aliphatic carbocycles. The van der Waals surface area contributed by atoms with Crippen LogP contribution in [0.2, 0.25) is 0 Å². The van der Waals surface area contributed by atoms with Crippen molar-refractivity contribution in [1.82, 2.24) is 0 Å². The molecule has 0 fully saturated rings. The fourth-order valence-corrected chi connectivity index (χ4v) is 2.61. The summed E-state index contributed by atoms with van der Waals surface area (Å²) >= 11 is 0. The first-order valence-corrected chi connectivity index (χ1v) is 8.40. The second-order valence-corrected chi connectivity index (χ2v) is 6.82. The molecule has 1 aromatic rings. The van der Waals surface area contributed by atoms with Gasteiger partial charge in [0.1, 0.15) is 0 Å². The van der Waals surface area contributed by atoms with Crippen molar-refractivity contribution in [2.75, 3.05) is 6.26 Å². The predicted molar refractivity (Wildman–Crippen MR) is 75.2 cm³/mol. The first-order chi connectivity index (χ1) is 8.45. The zero-order valence-corrected chi connectivity index (χ0v) is 12.0. The van der Waals surface area contributed by atoms with E-state index in [1.54, 1.807) is 18.2 Å². The van der Waals surface area contributed by atoms with Crippen LogP contribution in [0.15, 0.2) is 29.2 Å². The maximum atomic E-state index is 11.5. The van der Waals surface area contributed by atoms with Crippen molar-refractivity contribution in [2.45, 2.75) is 50.0 Å². The molecule has 0 aliphatic rings. The molecular formula is C14H23NO2S. The van der Waals surface area contributed by atoms with E-state index in [4.69, 9.17) is 5.73 Å². The Balaban J connectivity index is 2.66. The van der Waals surface area contributed by atoms with Gasteiger partial charge in [-0.25, -0.2) is 8.42 Å². The summed E-state index contributed by atoms with van der Waals surface area (Å²) in [4.78, 5) is 0.351. The lowest BCUT2D eigenvalue weighted by molar-refractivity contribution is 0.565. The van der Waals surface area contributed by atoms with Crippen molar-refractivity contribution in [3.05, 3.63) is 29.8 Å². The first-order valence-electron chi connectivity index (χ1n) is 6.50. The van der Waals surface area contributed by atoms with Crippen LogP contribution in [0.1, 0.15) is 50.6 Å². The Hall–Kier alpha value is -0.870. The van der Waals surface area contributed by atoms with Crippen LogP contribution in [0.3, 0.4) is 0 Å². The normalized spacial score (nSPS) is 13.5. The van der Waals surface area contributed by atoms with Gasteiger partial charge in [0.2, 0.25) is 0 Å². The van der Waals surface area contributed by atoms with Gasteiger partial charge in [-0.15, -0.1) is 0 Å². The highest BCUT2D eigenvalue weighted by molar-refractivity contribution is 7.90. The number of rotatable bonds is 7. The second kappa shape index (κ2) is 6.90. The summed E-state index contributed by atoms with van der Waals surface area (Å²) in [5, 5.41) is 0. The SMILES string of the molecule is CCCCCCC(N)c1cccc(S(C)(=O)=O)c1. The van der Waals surface area contributed by atoms with Gasteiger partial charge in [0.05, 0.1) is 4.90 Å². The minimum absolute atomic E-state index is 0.0662. The molecule has 0 radical (unpaired) electrons. The van der Waals surface area contributed by atoms with E-state index in [2.05, 4.69) is 6.92 Å². The van der Waals surface area contributed by atoms with Gasteiger partial charge in [-0.1, -0.05) is 44.7 Å². The lowest BCUT2D eigenvalue weighted by atomic mass is 10.0. The van der Waals surface area contributed by atoms with E-state index < -0.39 is 9.84 Å². The Bertz CT molecular complexity index is 468. The Morgan fingerprint density at radius 2 is 1.94 bits per heavy atom. The van der Waals surface area contributed by atoms with Crippen molar-refractivity contribution in [2.24, 2.45) is 5.73 Å². The van der Waals surface area contributed by atoms with Gasteiger partial charge in [0.25, 0.3) is 0 Å². The first kappa shape index (κ1) is 15.2. The molecule has 0 saturated heterocycles. The highest BCUT2D eigenvalue weighted by Crippen LogP contribution is 2.20. The summed E-state index contributed by atoms with van der Waals surface area (Å²) < 4.78 is 22.9. The highest BCUT2D eigenvalue weighted by Gasteiger charge is 2.11. The summed E-state index contributed by atoms with van der Waals surface area (Å²) in [7, 11) is -3.14. The number of sulfone groups is 1. The van der Waals surface area contributed by atoms with Crippen molar-refractivity contribution in [3.8, 4) is 0 Å². The lowest BCUT2D eigenvalue weighted by Gasteiger charge is -2.12. The van der Waals surface area contributed by atoms with Crippen LogP contribution in [0.4, 0.5) is 0 Å². The van der Waals surface area contributed by atoms with Crippen LogP contribution in [-0.4, -0.2) is 14.7 Å². The average molecular weight is 269 g/mol. The molecule has 18 heavy (non-hydrogen) atoms. The Labute approximate surface area is 110 Å². The molecule has 1 atom stereocenters. The van der Waals surface area contributed by atoms with Crippen molar-refractivity contribution in [3.63, 3.8) is 0 Å². The van der Waals surface area contributed by atoms with Gasteiger partial charge >= 0.3 is 0 Å². The van der Waals surface area contributed by atoms with E-state index in [-0.39, 0.29) is 6.04 Å². The van der Waals surface area contributed by atoms with Crippen LogP contribution in [0.25, 0.3) is 0 Å². The zero-order valence-electron chi connectivity index (χ0n) is 11.2. The minimum Gasteiger partial charge on any atom is -0.324 e. The third-order valence-electron chi connectivity index (χ3n) is 3.08. The van der Waals surface area contributed by atoms with Crippen LogP contribution < -0.4 is 5.73 Å². The van der Waals surface area contributed by atoms with Crippen molar-refractivity contribution in [1.29, 1.82) is 0 Å². The Morgan fingerprint density at radius 3 is 2.56 bits per heavy atom. The lowest BCUT2D eigenvalue weighted by Crippen LogP contribution is -2.11. The molecule has 4 heteroatoms. The average Bonchev–Trinajstić information content (AvgIpc) is 2.33. The number of unbranched alkanes of at least 4 members (excludes halogenated alkanes) is 3. The monoisotopic (exact) mass is 269 g/mol. The zero-order chi connectivity index (χ0) is 13.6. The summed E-state index contributed by atoms with van der Waals surface area (Å²) in [6.07, 6.45) is 6.86. The minimum atomic E-state index is -3.14. The fraction of sp³-hybridized carbons (Fsp3) is 0.571. The van der Waals surface area contributed by atoms with Crippen LogP contribution in [0.5, 0.6) is 0 Å². The van der Waals surface area contributed by atoms with Crippen molar-refractivity contribution < 1.29 is 8.42 Å². The van der Waals surface area contributed by atoms with E-state index in [0.29, 0.717) is 4.90 Å². The molecule has 1 rings (SSSR count). The maximum absolute atomic E-state index is 11.5. The van der Waals surface area contributed by atoms with E-state index in [1.807, 2.05) is 6.07 Å². The molecule has 1 unspecified atom stereocenters.